The summed E-state index contributed by atoms with van der Waals surface area (Å²) in [5.41, 5.74) is 6.87. The molecule has 3 N–H and O–H groups in total. The van der Waals surface area contributed by atoms with E-state index in [1.54, 1.807) is 0 Å². The second-order valence-corrected chi connectivity index (χ2v) is 7.24. The molecule has 1 aromatic heterocycles. The Bertz CT molecular complexity index is 666. The topological polar surface area (TPSA) is 85.1 Å². The molecule has 0 aliphatic carbocycles. The normalized spacial score (nSPS) is 11.4. The smallest absolute Gasteiger partial charge is 0.182 e. The van der Waals surface area contributed by atoms with Crippen LogP contribution in [0.2, 0.25) is 0 Å². The van der Waals surface area contributed by atoms with Gasteiger partial charge in [-0.05, 0) is 29.9 Å². The van der Waals surface area contributed by atoms with Gasteiger partial charge in [0.05, 0.1) is 0 Å². The monoisotopic (exact) mass is 311 g/mol. The molecule has 0 atom stereocenters. The first kappa shape index (κ1) is 14.8. The molecule has 0 unspecified atom stereocenters. The molecule has 0 bridgehead atoms. The first-order valence-electron chi connectivity index (χ1n) is 6.21. The van der Waals surface area contributed by atoms with Gasteiger partial charge in [-0.3, -0.25) is 0 Å². The number of nitrogen functional groups attached to an aromatic ring is 1. The lowest BCUT2D eigenvalue weighted by Gasteiger charge is -2.06. The minimum Gasteiger partial charge on any atom is -0.382 e. The van der Waals surface area contributed by atoms with Gasteiger partial charge in [0.2, 0.25) is 0 Å². The summed E-state index contributed by atoms with van der Waals surface area (Å²) in [7, 11) is -3.35. The molecule has 1 heterocycles. The third-order valence-electron chi connectivity index (χ3n) is 2.82. The zero-order valence-electron chi connectivity index (χ0n) is 11.2. The fraction of sp³-hybridized carbons (Fsp3) is 0.308. The first-order valence-corrected chi connectivity index (χ1v) is 8.88. The van der Waals surface area contributed by atoms with Crippen molar-refractivity contribution in [2.24, 2.45) is 0 Å². The molecule has 1 aromatic carbocycles. The molecule has 0 amide bonds. The highest BCUT2D eigenvalue weighted by Crippen LogP contribution is 2.31. The van der Waals surface area contributed by atoms with E-state index in [1.807, 2.05) is 18.2 Å². The van der Waals surface area contributed by atoms with Crippen LogP contribution in [0.1, 0.15) is 12.0 Å². The van der Waals surface area contributed by atoms with Crippen LogP contribution in [0.15, 0.2) is 35.2 Å². The fourth-order valence-corrected chi connectivity index (χ4v) is 4.00. The Morgan fingerprint density at radius 2 is 2.00 bits per heavy atom. The third kappa shape index (κ3) is 3.71. The van der Waals surface area contributed by atoms with Crippen LogP contribution in [0.25, 0.3) is 0 Å². The molecule has 0 aliphatic heterocycles. The highest BCUT2D eigenvalue weighted by molar-refractivity contribution is 7.91. The Kier molecular flexibility index (Phi) is 4.61. The van der Waals surface area contributed by atoms with Crippen molar-refractivity contribution >= 4 is 32.2 Å². The van der Waals surface area contributed by atoms with E-state index < -0.39 is 9.84 Å². The van der Waals surface area contributed by atoms with Gasteiger partial charge >= 0.3 is 0 Å². The molecule has 5 nitrogen and oxygen atoms in total. The lowest BCUT2D eigenvalue weighted by molar-refractivity contribution is 0.602. The molecule has 0 fully saturated rings. The highest BCUT2D eigenvalue weighted by atomic mass is 32.2. The molecular weight excluding hydrogens is 294 g/mol. The Balaban J connectivity index is 1.92. The van der Waals surface area contributed by atoms with Crippen molar-refractivity contribution in [2.75, 3.05) is 23.9 Å². The summed E-state index contributed by atoms with van der Waals surface area (Å²) in [5, 5.41) is 3.63. The molecule has 0 saturated heterocycles. The Morgan fingerprint density at radius 3 is 2.65 bits per heavy atom. The second kappa shape index (κ2) is 6.23. The number of anilines is 2. The number of nitrogens with two attached hydrogens (primary N) is 1. The van der Waals surface area contributed by atoms with Crippen molar-refractivity contribution in [3.05, 3.63) is 35.9 Å². The Labute approximate surface area is 122 Å². The molecule has 0 aliphatic rings. The summed E-state index contributed by atoms with van der Waals surface area (Å²) in [5.74, 6) is 0.0723. The molecule has 108 valence electrons. The van der Waals surface area contributed by atoms with E-state index in [0.717, 1.165) is 30.6 Å². The Morgan fingerprint density at radius 1 is 1.30 bits per heavy atom. The first-order chi connectivity index (χ1) is 9.48. The van der Waals surface area contributed by atoms with Gasteiger partial charge in [-0.15, -0.1) is 0 Å². The lowest BCUT2D eigenvalue weighted by atomic mass is 10.1. The standard InChI is InChI=1S/C13H17N3O2S2/c1-20(17,18)11-12(14)16-19-13(11)15-9-5-8-10-6-3-2-4-7-10/h2-4,6-7,15H,5,8-9H2,1H3,(H2,14,16). The number of aromatic nitrogens is 1. The molecule has 0 radical (unpaired) electrons. The summed E-state index contributed by atoms with van der Waals surface area (Å²) in [6, 6.07) is 10.2. The van der Waals surface area contributed by atoms with Crippen LogP contribution >= 0.6 is 11.5 Å². The van der Waals surface area contributed by atoms with Gasteiger partial charge in [0.25, 0.3) is 0 Å². The number of nitrogens with zero attached hydrogens (tertiary/aromatic N) is 1. The quantitative estimate of drug-likeness (QED) is 0.799. The minimum absolute atomic E-state index is 0.0723. The molecule has 2 rings (SSSR count). The fourth-order valence-electron chi connectivity index (χ4n) is 1.90. The molecule has 0 spiro atoms. The largest absolute Gasteiger partial charge is 0.382 e. The van der Waals surface area contributed by atoms with E-state index in [9.17, 15) is 8.42 Å². The number of sulfone groups is 1. The predicted molar refractivity (Wildman–Crippen MR) is 82.9 cm³/mol. The third-order valence-corrected chi connectivity index (χ3v) is 4.92. The van der Waals surface area contributed by atoms with Crippen molar-refractivity contribution < 1.29 is 8.42 Å². The van der Waals surface area contributed by atoms with Gasteiger partial charge in [0, 0.05) is 12.8 Å². The molecular formula is C13H17N3O2S2. The van der Waals surface area contributed by atoms with Gasteiger partial charge in [0.1, 0.15) is 9.90 Å². The van der Waals surface area contributed by atoms with Gasteiger partial charge in [-0.25, -0.2) is 8.42 Å². The van der Waals surface area contributed by atoms with E-state index in [4.69, 9.17) is 5.73 Å². The minimum atomic E-state index is -3.35. The van der Waals surface area contributed by atoms with E-state index >= 15 is 0 Å². The number of nitrogens with one attached hydrogen (secondary N) is 1. The Hall–Kier alpha value is -1.60. The zero-order chi connectivity index (χ0) is 14.6. The highest BCUT2D eigenvalue weighted by Gasteiger charge is 2.20. The summed E-state index contributed by atoms with van der Waals surface area (Å²) in [4.78, 5) is 0.113. The van der Waals surface area contributed by atoms with Crippen LogP contribution in [0.3, 0.4) is 0 Å². The SMILES string of the molecule is CS(=O)(=O)c1c(N)nsc1NCCCc1ccccc1. The van der Waals surface area contributed by atoms with E-state index in [0.29, 0.717) is 11.5 Å². The summed E-state index contributed by atoms with van der Waals surface area (Å²) in [6.45, 7) is 0.680. The molecule has 0 saturated carbocycles. The maximum atomic E-state index is 11.6. The lowest BCUT2D eigenvalue weighted by Crippen LogP contribution is -2.07. The summed E-state index contributed by atoms with van der Waals surface area (Å²) in [6.07, 6.45) is 2.99. The predicted octanol–water partition coefficient (Wildman–Crippen LogP) is 2.17. The second-order valence-electron chi connectivity index (χ2n) is 4.51. The van der Waals surface area contributed by atoms with Crippen LogP contribution in [0.4, 0.5) is 10.8 Å². The van der Waals surface area contributed by atoms with Crippen molar-refractivity contribution in [3.8, 4) is 0 Å². The number of hydrogen-bond donors (Lipinski definition) is 2. The van der Waals surface area contributed by atoms with Gasteiger partial charge < -0.3 is 11.1 Å². The van der Waals surface area contributed by atoms with Crippen LogP contribution in [0, 0.1) is 0 Å². The van der Waals surface area contributed by atoms with Crippen LogP contribution in [-0.4, -0.2) is 25.6 Å². The van der Waals surface area contributed by atoms with Crippen molar-refractivity contribution in [2.45, 2.75) is 17.7 Å². The zero-order valence-corrected chi connectivity index (χ0v) is 12.8. The number of hydrogen-bond acceptors (Lipinski definition) is 6. The average molecular weight is 311 g/mol. The summed E-state index contributed by atoms with van der Waals surface area (Å²) < 4.78 is 27.2. The van der Waals surface area contributed by atoms with E-state index in [1.165, 1.54) is 5.56 Å². The molecule has 7 heteroatoms. The van der Waals surface area contributed by atoms with E-state index in [-0.39, 0.29) is 10.7 Å². The van der Waals surface area contributed by atoms with Gasteiger partial charge in [-0.1, -0.05) is 30.3 Å². The van der Waals surface area contributed by atoms with Gasteiger partial charge in [-0.2, -0.15) is 4.37 Å². The molecule has 20 heavy (non-hydrogen) atoms. The number of rotatable bonds is 6. The summed E-state index contributed by atoms with van der Waals surface area (Å²) >= 11 is 1.08. The maximum Gasteiger partial charge on any atom is 0.182 e. The average Bonchev–Trinajstić information content (AvgIpc) is 2.77. The van der Waals surface area contributed by atoms with Gasteiger partial charge in [0.15, 0.2) is 15.7 Å². The number of benzene rings is 1. The van der Waals surface area contributed by atoms with E-state index in [2.05, 4.69) is 21.8 Å². The number of aryl methyl sites for hydroxylation is 1. The van der Waals surface area contributed by atoms with Crippen LogP contribution < -0.4 is 11.1 Å². The molecule has 2 aromatic rings. The van der Waals surface area contributed by atoms with Crippen molar-refractivity contribution in [3.63, 3.8) is 0 Å². The van der Waals surface area contributed by atoms with Crippen LogP contribution in [0.5, 0.6) is 0 Å². The maximum absolute atomic E-state index is 11.6. The van der Waals surface area contributed by atoms with Crippen molar-refractivity contribution in [1.29, 1.82) is 0 Å². The van der Waals surface area contributed by atoms with Crippen LogP contribution in [-0.2, 0) is 16.3 Å². The van der Waals surface area contributed by atoms with Crippen molar-refractivity contribution in [1.82, 2.24) is 4.37 Å².